The molecule has 0 unspecified atom stereocenters. The van der Waals surface area contributed by atoms with Crippen LogP contribution in [0.1, 0.15) is 43.5 Å². The number of halogens is 2. The molecular formula is C24H18FIN2O2. The minimum Gasteiger partial charge on any atom is -1.00 e. The first-order valence-corrected chi connectivity index (χ1v) is 9.41. The minimum absolute atomic E-state index is 0. The number of aromatic nitrogens is 2. The van der Waals surface area contributed by atoms with Gasteiger partial charge in [-0.05, 0) is 40.6 Å². The van der Waals surface area contributed by atoms with Gasteiger partial charge in [0.15, 0.2) is 0 Å². The first-order valence-electron chi connectivity index (χ1n) is 9.41. The second-order valence-electron chi connectivity index (χ2n) is 7.42. The van der Waals surface area contributed by atoms with Crippen LogP contribution in [0, 0.1) is 12.7 Å². The van der Waals surface area contributed by atoms with Gasteiger partial charge in [-0.25, -0.2) is 13.5 Å². The van der Waals surface area contributed by atoms with E-state index in [4.69, 9.17) is 0 Å². The van der Waals surface area contributed by atoms with Gasteiger partial charge in [-0.1, -0.05) is 36.4 Å². The molecule has 0 radical (unpaired) electrons. The van der Waals surface area contributed by atoms with E-state index < -0.39 is 0 Å². The van der Waals surface area contributed by atoms with E-state index in [1.807, 2.05) is 35.8 Å². The van der Waals surface area contributed by atoms with Gasteiger partial charge in [0, 0.05) is 18.1 Å². The number of carbonyl (C=O) groups excluding carboxylic acids is 2. The topological polar surface area (TPSA) is 43.0 Å². The molecule has 1 aliphatic carbocycles. The standard InChI is InChI=1S/C24H18FN2O2.HI/c1-14-26(2)21-22(27(14)13-15-7-9-18(25)10-8-15)24(29)20-12-17-6-4-3-5-16(17)11-19(20)23(21)28;/h3-12H,13H2,1-2H3;1H/q+1;/p-1. The third-order valence-corrected chi connectivity index (χ3v) is 5.76. The summed E-state index contributed by atoms with van der Waals surface area (Å²) in [5, 5.41) is 1.86. The molecule has 1 aliphatic rings. The van der Waals surface area contributed by atoms with Gasteiger partial charge in [-0.3, -0.25) is 9.59 Å². The van der Waals surface area contributed by atoms with Gasteiger partial charge in [-0.2, -0.15) is 0 Å². The van der Waals surface area contributed by atoms with Gasteiger partial charge in [0.2, 0.25) is 23.0 Å². The number of fused-ring (bicyclic) bond motifs is 3. The molecule has 0 saturated carbocycles. The Morgan fingerprint density at radius 2 is 1.47 bits per heavy atom. The number of hydrogen-bond donors (Lipinski definition) is 0. The highest BCUT2D eigenvalue weighted by molar-refractivity contribution is 6.27. The number of ketones is 2. The Labute approximate surface area is 190 Å². The van der Waals surface area contributed by atoms with E-state index in [1.165, 1.54) is 12.1 Å². The highest BCUT2D eigenvalue weighted by Gasteiger charge is 2.42. The molecule has 0 saturated heterocycles. The van der Waals surface area contributed by atoms with Crippen LogP contribution in [-0.4, -0.2) is 16.1 Å². The van der Waals surface area contributed by atoms with Crippen LogP contribution in [0.3, 0.4) is 0 Å². The first kappa shape index (κ1) is 20.4. The zero-order chi connectivity index (χ0) is 20.3. The highest BCUT2D eigenvalue weighted by Crippen LogP contribution is 2.30. The lowest BCUT2D eigenvalue weighted by atomic mass is 9.87. The number of imidazole rings is 1. The zero-order valence-corrected chi connectivity index (χ0v) is 18.6. The van der Waals surface area contributed by atoms with Crippen molar-refractivity contribution >= 4 is 22.3 Å². The normalized spacial score (nSPS) is 12.5. The van der Waals surface area contributed by atoms with E-state index in [0.29, 0.717) is 29.1 Å². The molecule has 0 N–H and O–H groups in total. The summed E-state index contributed by atoms with van der Waals surface area (Å²) in [4.78, 5) is 26.8. The lowest BCUT2D eigenvalue weighted by Gasteiger charge is -2.14. The summed E-state index contributed by atoms with van der Waals surface area (Å²) in [7, 11) is 1.80. The maximum atomic E-state index is 13.5. The summed E-state index contributed by atoms with van der Waals surface area (Å²) in [5.41, 5.74) is 2.52. The first-order chi connectivity index (χ1) is 14.0. The van der Waals surface area contributed by atoms with Crippen molar-refractivity contribution in [2.45, 2.75) is 13.5 Å². The lowest BCUT2D eigenvalue weighted by molar-refractivity contribution is -0.679. The molecule has 0 spiro atoms. The van der Waals surface area contributed by atoms with Crippen molar-refractivity contribution in [3.63, 3.8) is 0 Å². The molecule has 6 heteroatoms. The van der Waals surface area contributed by atoms with E-state index in [9.17, 15) is 14.0 Å². The SMILES string of the molecule is Cc1n(Cc2ccc(F)cc2)c2c([n+]1C)C(=O)c1cc3ccccc3cc1C2=O.[I-]. The van der Waals surface area contributed by atoms with E-state index in [1.54, 1.807) is 35.9 Å². The number of carbonyl (C=O) groups is 2. The molecule has 4 nitrogen and oxygen atoms in total. The van der Waals surface area contributed by atoms with Gasteiger partial charge in [-0.15, -0.1) is 0 Å². The average molecular weight is 512 g/mol. The second kappa shape index (κ2) is 7.43. The molecule has 0 bridgehead atoms. The maximum absolute atomic E-state index is 13.5. The fourth-order valence-electron chi connectivity index (χ4n) is 4.12. The zero-order valence-electron chi connectivity index (χ0n) is 16.4. The molecule has 3 aromatic carbocycles. The van der Waals surface area contributed by atoms with Crippen LogP contribution >= 0.6 is 0 Å². The van der Waals surface area contributed by atoms with E-state index in [0.717, 1.165) is 22.2 Å². The molecule has 30 heavy (non-hydrogen) atoms. The van der Waals surface area contributed by atoms with Crippen LogP contribution in [0.5, 0.6) is 0 Å². The van der Waals surface area contributed by atoms with Crippen LogP contribution < -0.4 is 28.5 Å². The Hall–Kier alpha value is -2.87. The third kappa shape index (κ3) is 2.98. The smallest absolute Gasteiger partial charge is 0.254 e. The summed E-state index contributed by atoms with van der Waals surface area (Å²) in [6.45, 7) is 2.26. The fraction of sp³-hybridized carbons (Fsp3) is 0.125. The number of rotatable bonds is 2. The van der Waals surface area contributed by atoms with Crippen LogP contribution in [0.2, 0.25) is 0 Å². The number of benzene rings is 3. The van der Waals surface area contributed by atoms with Crippen molar-refractivity contribution in [2.24, 2.45) is 7.05 Å². The van der Waals surface area contributed by atoms with Crippen LogP contribution in [0.25, 0.3) is 10.8 Å². The lowest BCUT2D eigenvalue weighted by Crippen LogP contribution is -3.00. The van der Waals surface area contributed by atoms with Crippen molar-refractivity contribution in [3.8, 4) is 0 Å². The molecule has 1 heterocycles. The Bertz CT molecular complexity index is 1340. The molecule has 150 valence electrons. The van der Waals surface area contributed by atoms with Crippen molar-refractivity contribution in [1.29, 1.82) is 0 Å². The number of nitrogens with zero attached hydrogens (tertiary/aromatic N) is 2. The predicted octanol–water partition coefficient (Wildman–Crippen LogP) is 0.741. The minimum atomic E-state index is -0.308. The van der Waals surface area contributed by atoms with Crippen molar-refractivity contribution in [1.82, 2.24) is 4.57 Å². The van der Waals surface area contributed by atoms with Gasteiger partial charge >= 0.3 is 0 Å². The van der Waals surface area contributed by atoms with E-state index in [2.05, 4.69) is 0 Å². The van der Waals surface area contributed by atoms with Crippen LogP contribution in [0.4, 0.5) is 4.39 Å². The maximum Gasteiger partial charge on any atom is 0.254 e. The van der Waals surface area contributed by atoms with Crippen molar-refractivity contribution in [2.75, 3.05) is 0 Å². The molecule has 1 aromatic heterocycles. The Morgan fingerprint density at radius 3 is 2.07 bits per heavy atom. The molecule has 0 amide bonds. The molecule has 0 fully saturated rings. The number of hydrogen-bond acceptors (Lipinski definition) is 2. The molecule has 0 atom stereocenters. The summed E-state index contributed by atoms with van der Waals surface area (Å²) >= 11 is 0. The summed E-state index contributed by atoms with van der Waals surface area (Å²) < 4.78 is 16.9. The second-order valence-corrected chi connectivity index (χ2v) is 7.42. The van der Waals surface area contributed by atoms with Gasteiger partial charge in [0.25, 0.3) is 5.82 Å². The molecule has 5 rings (SSSR count). The molecule has 0 aliphatic heterocycles. The van der Waals surface area contributed by atoms with Crippen molar-refractivity contribution < 1.29 is 42.5 Å². The highest BCUT2D eigenvalue weighted by atomic mass is 127. The van der Waals surface area contributed by atoms with Gasteiger partial charge in [0.1, 0.15) is 12.4 Å². The summed E-state index contributed by atoms with van der Waals surface area (Å²) in [5.74, 6) is 0.172. The van der Waals surface area contributed by atoms with E-state index >= 15 is 0 Å². The van der Waals surface area contributed by atoms with Gasteiger partial charge < -0.3 is 24.0 Å². The largest absolute Gasteiger partial charge is 1.00 e. The quantitative estimate of drug-likeness (QED) is 0.259. The monoisotopic (exact) mass is 512 g/mol. The van der Waals surface area contributed by atoms with E-state index in [-0.39, 0.29) is 41.4 Å². The third-order valence-electron chi connectivity index (χ3n) is 5.76. The Morgan fingerprint density at radius 1 is 0.900 bits per heavy atom. The predicted molar refractivity (Wildman–Crippen MR) is 107 cm³/mol. The van der Waals surface area contributed by atoms with Crippen LogP contribution in [0.15, 0.2) is 60.7 Å². The van der Waals surface area contributed by atoms with Crippen LogP contribution in [-0.2, 0) is 13.6 Å². The molecule has 4 aromatic rings. The summed E-state index contributed by atoms with van der Waals surface area (Å²) in [6.07, 6.45) is 0. The fourth-order valence-corrected chi connectivity index (χ4v) is 4.12. The van der Waals surface area contributed by atoms with Gasteiger partial charge in [0.05, 0.1) is 7.05 Å². The average Bonchev–Trinajstić information content (AvgIpc) is 2.98. The molecular weight excluding hydrogens is 494 g/mol. The van der Waals surface area contributed by atoms with Crippen molar-refractivity contribution in [3.05, 3.63) is 100 Å². The Kier molecular flexibility index (Phi) is 5.05. The summed E-state index contributed by atoms with van der Waals surface area (Å²) in [6, 6.07) is 17.5. The Balaban J connectivity index is 0.00000218.